The van der Waals surface area contributed by atoms with E-state index in [1.165, 1.54) is 37.4 Å². The summed E-state index contributed by atoms with van der Waals surface area (Å²) in [6.45, 7) is 0.393. The lowest BCUT2D eigenvalue weighted by molar-refractivity contribution is -0.152. The van der Waals surface area contributed by atoms with E-state index in [9.17, 15) is 24.3 Å². The van der Waals surface area contributed by atoms with Crippen LogP contribution in [0.2, 0.25) is 0 Å². The van der Waals surface area contributed by atoms with Crippen LogP contribution in [0.25, 0.3) is 0 Å². The molecule has 2 heterocycles. The van der Waals surface area contributed by atoms with Gasteiger partial charge in [-0.05, 0) is 25.2 Å². The van der Waals surface area contributed by atoms with E-state index >= 15 is 0 Å². The lowest BCUT2D eigenvalue weighted by Crippen LogP contribution is -2.52. The monoisotopic (exact) mass is 507 g/mol. The highest BCUT2D eigenvalue weighted by atomic mass is 19.3. The maximum absolute atomic E-state index is 13.4. The molecule has 1 aromatic heterocycles. The molecule has 9 heteroatoms. The third-order valence-corrected chi connectivity index (χ3v) is 7.50. The molecule has 1 aliphatic carbocycles. The molecule has 5 rings (SSSR count). The number of aliphatic hydroxyl groups excluding tert-OH is 1. The van der Waals surface area contributed by atoms with Crippen LogP contribution in [0.5, 0.6) is 11.6 Å². The molecule has 0 bridgehead atoms. The van der Waals surface area contributed by atoms with Crippen molar-refractivity contribution in [2.24, 2.45) is 5.92 Å². The minimum absolute atomic E-state index is 0.0120. The normalized spacial score (nSPS) is 28.1. The van der Waals surface area contributed by atoms with E-state index in [0.29, 0.717) is 12.1 Å². The number of alkyl halides is 2. The summed E-state index contributed by atoms with van der Waals surface area (Å²) in [5.41, 5.74) is -2.56. The van der Waals surface area contributed by atoms with Crippen LogP contribution in [0.3, 0.4) is 0 Å². The number of aliphatic hydroxyl groups is 2. The Hall–Kier alpha value is -3.58. The molecule has 1 saturated carbocycles. The molecule has 1 fully saturated rings. The van der Waals surface area contributed by atoms with Gasteiger partial charge in [0.15, 0.2) is 11.2 Å². The van der Waals surface area contributed by atoms with E-state index in [1.54, 1.807) is 0 Å². The molecule has 0 spiro atoms. The van der Waals surface area contributed by atoms with Gasteiger partial charge in [-0.15, -0.1) is 0 Å². The fraction of sp³-hybridized carbons (Fsp3) is 0.357. The van der Waals surface area contributed by atoms with Crippen molar-refractivity contribution in [1.82, 2.24) is 9.88 Å². The molecule has 2 N–H and O–H groups in total. The average Bonchev–Trinajstić information content (AvgIpc) is 3.26. The Morgan fingerprint density at radius 1 is 1.16 bits per heavy atom. The van der Waals surface area contributed by atoms with Crippen molar-refractivity contribution >= 4 is 0 Å². The number of hydrogen-bond acceptors (Lipinski definition) is 7. The molecule has 1 aliphatic heterocycles. The number of nitriles is 1. The van der Waals surface area contributed by atoms with Crippen LogP contribution >= 0.6 is 0 Å². The number of pyridine rings is 1. The predicted octanol–water partition coefficient (Wildman–Crippen LogP) is 3.71. The third kappa shape index (κ3) is 3.51. The fourth-order valence-corrected chi connectivity index (χ4v) is 6.14. The van der Waals surface area contributed by atoms with E-state index in [1.807, 2.05) is 55.4 Å². The van der Waals surface area contributed by atoms with Crippen molar-refractivity contribution in [3.8, 4) is 17.7 Å². The summed E-state index contributed by atoms with van der Waals surface area (Å²) >= 11 is 0. The molecule has 192 valence electrons. The van der Waals surface area contributed by atoms with E-state index in [2.05, 4.69) is 4.98 Å². The maximum atomic E-state index is 13.4. The Morgan fingerprint density at radius 2 is 1.84 bits per heavy atom. The summed E-state index contributed by atoms with van der Waals surface area (Å²) in [5, 5.41) is 34.1. The molecule has 2 aromatic carbocycles. The minimum atomic E-state index is -2.67. The molecule has 7 nitrogen and oxygen atoms in total. The number of aromatic nitrogens is 1. The Kier molecular flexibility index (Phi) is 6.15. The third-order valence-electron chi connectivity index (χ3n) is 7.50. The van der Waals surface area contributed by atoms with Gasteiger partial charge < -0.3 is 24.6 Å². The minimum Gasteiger partial charge on any atom is -0.481 e. The predicted molar refractivity (Wildman–Crippen MR) is 130 cm³/mol. The zero-order valence-electron chi connectivity index (χ0n) is 20.6. The quantitative estimate of drug-likeness (QED) is 0.525. The summed E-state index contributed by atoms with van der Waals surface area (Å²) in [6, 6.07) is 18.3. The van der Waals surface area contributed by atoms with E-state index in [4.69, 9.17) is 9.47 Å². The second-order valence-electron chi connectivity index (χ2n) is 9.79. The SMILES string of the molecule is COc1nc(C#N)cc2c1[C@]1(O)[C@H](O)[C@H](CN(C)C)[C@@H](c3ccccc3)[C@]1(c1ccc(C(F)F)cc1)O2. The van der Waals surface area contributed by atoms with Crippen molar-refractivity contribution in [2.45, 2.75) is 29.6 Å². The topological polar surface area (TPSA) is 98.8 Å². The van der Waals surface area contributed by atoms with Crippen molar-refractivity contribution < 1.29 is 28.5 Å². The maximum Gasteiger partial charge on any atom is 0.263 e. The molecule has 5 atom stereocenters. The second-order valence-corrected chi connectivity index (χ2v) is 9.79. The first kappa shape index (κ1) is 25.1. The van der Waals surface area contributed by atoms with Crippen molar-refractivity contribution in [3.63, 3.8) is 0 Å². The number of nitrogens with zero attached hydrogens (tertiary/aromatic N) is 3. The Balaban J connectivity index is 1.86. The number of methoxy groups -OCH3 is 1. The molecule has 3 aromatic rings. The number of hydrogen-bond donors (Lipinski definition) is 2. The largest absolute Gasteiger partial charge is 0.481 e. The number of halogens is 2. The van der Waals surface area contributed by atoms with Gasteiger partial charge in [0.1, 0.15) is 17.5 Å². The van der Waals surface area contributed by atoms with Gasteiger partial charge in [-0.1, -0.05) is 54.6 Å². The molecule has 0 radical (unpaired) electrons. The Morgan fingerprint density at radius 3 is 2.41 bits per heavy atom. The van der Waals surface area contributed by atoms with Crippen LogP contribution in [0, 0.1) is 17.2 Å². The van der Waals surface area contributed by atoms with E-state index in [-0.39, 0.29) is 28.5 Å². The van der Waals surface area contributed by atoms with Gasteiger partial charge in [-0.2, -0.15) is 5.26 Å². The Labute approximate surface area is 213 Å². The highest BCUT2D eigenvalue weighted by molar-refractivity contribution is 5.60. The number of rotatable bonds is 6. The summed E-state index contributed by atoms with van der Waals surface area (Å²) < 4.78 is 39.0. The first-order valence-electron chi connectivity index (χ1n) is 11.9. The number of benzene rings is 2. The van der Waals surface area contributed by atoms with Gasteiger partial charge in [0.25, 0.3) is 6.43 Å². The Bertz CT molecular complexity index is 1350. The first-order valence-corrected chi connectivity index (χ1v) is 11.9. The van der Waals surface area contributed by atoms with Crippen molar-refractivity contribution in [1.29, 1.82) is 5.26 Å². The summed E-state index contributed by atoms with van der Waals surface area (Å²) in [7, 11) is 5.10. The van der Waals surface area contributed by atoms with Crippen LogP contribution in [-0.4, -0.2) is 54.0 Å². The van der Waals surface area contributed by atoms with Gasteiger partial charge in [0.05, 0.1) is 18.8 Å². The average molecular weight is 508 g/mol. The lowest BCUT2D eigenvalue weighted by atomic mass is 9.70. The molecule has 2 aliphatic rings. The van der Waals surface area contributed by atoms with E-state index < -0.39 is 35.6 Å². The highest BCUT2D eigenvalue weighted by Gasteiger charge is 2.77. The zero-order valence-corrected chi connectivity index (χ0v) is 20.6. The van der Waals surface area contributed by atoms with Gasteiger partial charge >= 0.3 is 0 Å². The second kappa shape index (κ2) is 9.06. The number of fused-ring (bicyclic) bond motifs is 3. The zero-order chi connectivity index (χ0) is 26.5. The van der Waals surface area contributed by atoms with Gasteiger partial charge in [0.2, 0.25) is 5.88 Å². The summed E-state index contributed by atoms with van der Waals surface area (Å²) in [5.74, 6) is -1.05. The van der Waals surface area contributed by atoms with Gasteiger partial charge in [-0.3, -0.25) is 0 Å². The smallest absolute Gasteiger partial charge is 0.263 e. The van der Waals surface area contributed by atoms with Crippen LogP contribution in [-0.2, 0) is 11.2 Å². The van der Waals surface area contributed by atoms with E-state index in [0.717, 1.165) is 5.56 Å². The first-order chi connectivity index (χ1) is 17.7. The lowest BCUT2D eigenvalue weighted by Gasteiger charge is -2.41. The van der Waals surface area contributed by atoms with Crippen LogP contribution in [0.4, 0.5) is 8.78 Å². The molecule has 0 amide bonds. The molecule has 37 heavy (non-hydrogen) atoms. The van der Waals surface area contributed by atoms with Gasteiger partial charge in [0, 0.05) is 30.0 Å². The van der Waals surface area contributed by atoms with Crippen LogP contribution in [0.15, 0.2) is 60.7 Å². The molecular formula is C28H27F2N3O4. The molecule has 0 unspecified atom stereocenters. The number of ether oxygens (including phenoxy) is 2. The standard InChI is InChI=1S/C28H27F2N3O4/c1-33(2)15-20-22(16-7-5-4-6-8-16)28(18-11-9-17(10-12-18)25(29)30)27(35,24(20)34)23-21(37-28)13-19(14-31)32-26(23)36-3/h4-13,20,22,24-25,34-35H,15H2,1-3H3/t20-,22-,24-,27+,28+/m1/s1. The fourth-order valence-electron chi connectivity index (χ4n) is 6.14. The molecular weight excluding hydrogens is 480 g/mol. The summed E-state index contributed by atoms with van der Waals surface area (Å²) in [6.07, 6.45) is -4.03. The summed E-state index contributed by atoms with van der Waals surface area (Å²) in [4.78, 5) is 6.14. The molecule has 0 saturated heterocycles. The van der Waals surface area contributed by atoms with Gasteiger partial charge in [-0.25, -0.2) is 13.8 Å². The van der Waals surface area contributed by atoms with Crippen molar-refractivity contribution in [2.75, 3.05) is 27.7 Å². The van der Waals surface area contributed by atoms with Crippen LogP contribution < -0.4 is 9.47 Å². The van der Waals surface area contributed by atoms with Crippen LogP contribution in [0.1, 0.15) is 40.3 Å². The highest BCUT2D eigenvalue weighted by Crippen LogP contribution is 2.69. The van der Waals surface area contributed by atoms with Crippen molar-refractivity contribution in [3.05, 3.63) is 88.6 Å².